The van der Waals surface area contributed by atoms with Gasteiger partial charge in [0.05, 0.1) is 29.3 Å². The van der Waals surface area contributed by atoms with Crippen LogP contribution in [0.2, 0.25) is 0 Å². The summed E-state index contributed by atoms with van der Waals surface area (Å²) in [5.41, 5.74) is 6.58. The van der Waals surface area contributed by atoms with Gasteiger partial charge >= 0.3 is 0 Å². The number of piperazine rings is 1. The van der Waals surface area contributed by atoms with Crippen molar-refractivity contribution in [1.82, 2.24) is 34.2 Å². The van der Waals surface area contributed by atoms with Gasteiger partial charge in [-0.2, -0.15) is 15.5 Å². The minimum atomic E-state index is 0.538. The maximum atomic E-state index is 9.74. The number of hydrogen-bond donors (Lipinski definition) is 0. The van der Waals surface area contributed by atoms with Crippen molar-refractivity contribution in [2.24, 2.45) is 7.05 Å². The van der Waals surface area contributed by atoms with Crippen molar-refractivity contribution in [3.05, 3.63) is 103 Å². The van der Waals surface area contributed by atoms with E-state index in [0.717, 1.165) is 78.7 Å². The van der Waals surface area contributed by atoms with E-state index in [2.05, 4.69) is 86.1 Å². The largest absolute Gasteiger partial charge is 0.358 e. The van der Waals surface area contributed by atoms with Crippen LogP contribution >= 0.6 is 0 Å². The van der Waals surface area contributed by atoms with E-state index in [-0.39, 0.29) is 0 Å². The normalized spacial score (nSPS) is 17.1. The van der Waals surface area contributed by atoms with Crippen LogP contribution in [0.5, 0.6) is 0 Å². The number of anilines is 1. The monoisotopic (exact) mass is 555 g/mol. The highest BCUT2D eigenvalue weighted by atomic mass is 15.4. The van der Waals surface area contributed by atoms with Gasteiger partial charge in [-0.25, -0.2) is 9.50 Å². The standard InChI is InChI=1S/C33H33N9/c1-24(41-11-10-27(22-41)25-6-4-3-5-7-25)39-12-14-40(15-13-39)32-9-8-26(18-35-32)31-16-28(30-20-36-38(2)21-30)23-42-33(31)29(17-34)19-37-42/h3-9,16,18-21,23,27H,1,10-15,22H2,2H3/t27-/m1/s1. The minimum Gasteiger partial charge on any atom is -0.358 e. The van der Waals surface area contributed by atoms with E-state index in [0.29, 0.717) is 11.5 Å². The van der Waals surface area contributed by atoms with Gasteiger partial charge in [0.2, 0.25) is 0 Å². The Morgan fingerprint density at radius 1 is 0.881 bits per heavy atom. The number of nitrogens with zero attached hydrogens (tertiary/aromatic N) is 9. The first-order valence-electron chi connectivity index (χ1n) is 14.4. The molecule has 5 aromatic rings. The predicted molar refractivity (Wildman–Crippen MR) is 164 cm³/mol. The van der Waals surface area contributed by atoms with Crippen LogP contribution in [0, 0.1) is 11.3 Å². The molecule has 0 spiro atoms. The van der Waals surface area contributed by atoms with Crippen LogP contribution in [0.1, 0.15) is 23.5 Å². The summed E-state index contributed by atoms with van der Waals surface area (Å²) in [7, 11) is 1.90. The van der Waals surface area contributed by atoms with E-state index in [4.69, 9.17) is 4.98 Å². The Morgan fingerprint density at radius 3 is 2.43 bits per heavy atom. The molecule has 0 bridgehead atoms. The fourth-order valence-corrected chi connectivity index (χ4v) is 6.27. The molecular formula is C33H33N9. The summed E-state index contributed by atoms with van der Waals surface area (Å²) in [5, 5.41) is 18.5. The lowest BCUT2D eigenvalue weighted by Gasteiger charge is -2.40. The Hall–Kier alpha value is -5.10. The van der Waals surface area contributed by atoms with Gasteiger partial charge in [0.15, 0.2) is 0 Å². The van der Waals surface area contributed by atoms with Gasteiger partial charge in [0, 0.05) is 93.1 Å². The summed E-state index contributed by atoms with van der Waals surface area (Å²) in [5.74, 6) is 2.68. The highest BCUT2D eigenvalue weighted by molar-refractivity contribution is 5.87. The molecule has 2 aliphatic heterocycles. The van der Waals surface area contributed by atoms with Crippen LogP contribution < -0.4 is 4.90 Å². The summed E-state index contributed by atoms with van der Waals surface area (Å²) in [4.78, 5) is 12.1. The number of nitriles is 1. The van der Waals surface area contributed by atoms with Crippen molar-refractivity contribution in [3.63, 3.8) is 0 Å². The van der Waals surface area contributed by atoms with Crippen LogP contribution in [0.25, 0.3) is 27.8 Å². The van der Waals surface area contributed by atoms with Crippen LogP contribution in [0.3, 0.4) is 0 Å². The first kappa shape index (κ1) is 25.8. The van der Waals surface area contributed by atoms with Crippen molar-refractivity contribution >= 4 is 11.3 Å². The topological polar surface area (TPSA) is 81.5 Å². The fourth-order valence-electron chi connectivity index (χ4n) is 6.27. The second-order valence-electron chi connectivity index (χ2n) is 11.1. The van der Waals surface area contributed by atoms with E-state index in [1.807, 2.05) is 31.8 Å². The number of pyridine rings is 2. The molecule has 0 N–H and O–H groups in total. The molecule has 2 fully saturated rings. The number of hydrogen-bond acceptors (Lipinski definition) is 7. The Balaban J connectivity index is 1.05. The molecule has 4 aromatic heterocycles. The summed E-state index contributed by atoms with van der Waals surface area (Å²) >= 11 is 0. The van der Waals surface area contributed by atoms with Gasteiger partial charge in [0.25, 0.3) is 0 Å². The molecule has 210 valence electrons. The number of likely N-dealkylation sites (tertiary alicyclic amines) is 1. The summed E-state index contributed by atoms with van der Waals surface area (Å²) in [6.07, 6.45) is 10.4. The van der Waals surface area contributed by atoms with Gasteiger partial charge in [0.1, 0.15) is 11.9 Å². The Labute approximate surface area is 245 Å². The molecule has 0 aliphatic carbocycles. The van der Waals surface area contributed by atoms with Crippen LogP contribution in [0.15, 0.2) is 91.9 Å². The Kier molecular flexibility index (Phi) is 6.59. The third-order valence-corrected chi connectivity index (χ3v) is 8.62. The lowest BCUT2D eigenvalue weighted by atomic mass is 9.99. The Bertz CT molecular complexity index is 1770. The SMILES string of the molecule is C=C(N1CCN(c2ccc(-c3cc(-c4cnn(C)c4)cn4ncc(C#N)c34)cn2)CC1)N1CC[C@@H](c2ccccc2)C1. The van der Waals surface area contributed by atoms with Crippen molar-refractivity contribution in [3.8, 4) is 28.3 Å². The first-order chi connectivity index (χ1) is 20.6. The minimum absolute atomic E-state index is 0.538. The molecule has 9 nitrogen and oxygen atoms in total. The summed E-state index contributed by atoms with van der Waals surface area (Å²) in [6, 6.07) is 19.4. The van der Waals surface area contributed by atoms with Crippen LogP contribution in [-0.4, -0.2) is 73.4 Å². The van der Waals surface area contributed by atoms with Crippen molar-refractivity contribution in [1.29, 1.82) is 5.26 Å². The molecule has 6 heterocycles. The molecule has 0 radical (unpaired) electrons. The third kappa shape index (κ3) is 4.75. The third-order valence-electron chi connectivity index (χ3n) is 8.62. The lowest BCUT2D eigenvalue weighted by Crippen LogP contribution is -2.48. The molecule has 7 rings (SSSR count). The van der Waals surface area contributed by atoms with Gasteiger partial charge in [-0.15, -0.1) is 0 Å². The van der Waals surface area contributed by atoms with E-state index in [1.165, 1.54) is 12.0 Å². The molecule has 0 saturated carbocycles. The molecule has 2 saturated heterocycles. The maximum Gasteiger partial charge on any atom is 0.128 e. The van der Waals surface area contributed by atoms with Crippen LogP contribution in [0.4, 0.5) is 5.82 Å². The van der Waals surface area contributed by atoms with Gasteiger partial charge in [-0.05, 0) is 30.2 Å². The quantitative estimate of drug-likeness (QED) is 0.299. The molecular weight excluding hydrogens is 522 g/mol. The summed E-state index contributed by atoms with van der Waals surface area (Å²) in [6.45, 7) is 10.2. The van der Waals surface area contributed by atoms with Crippen molar-refractivity contribution < 1.29 is 0 Å². The number of benzene rings is 1. The zero-order valence-corrected chi connectivity index (χ0v) is 23.8. The molecule has 1 aromatic carbocycles. The van der Waals surface area contributed by atoms with Gasteiger partial charge in [-0.1, -0.05) is 36.9 Å². The molecule has 1 atom stereocenters. The zero-order valence-electron chi connectivity index (χ0n) is 23.8. The number of aryl methyl sites for hydroxylation is 1. The molecule has 0 amide bonds. The number of fused-ring (bicyclic) bond motifs is 1. The van der Waals surface area contributed by atoms with Crippen molar-refractivity contribution in [2.75, 3.05) is 44.2 Å². The number of rotatable bonds is 6. The van der Waals surface area contributed by atoms with Crippen LogP contribution in [-0.2, 0) is 7.05 Å². The smallest absolute Gasteiger partial charge is 0.128 e. The molecule has 42 heavy (non-hydrogen) atoms. The second kappa shape index (κ2) is 10.7. The van der Waals surface area contributed by atoms with Gasteiger partial charge < -0.3 is 14.7 Å². The average Bonchev–Trinajstić information content (AvgIpc) is 3.81. The molecule has 0 unspecified atom stereocenters. The van der Waals surface area contributed by atoms with E-state index in [9.17, 15) is 5.26 Å². The second-order valence-corrected chi connectivity index (χ2v) is 11.1. The predicted octanol–water partition coefficient (Wildman–Crippen LogP) is 4.75. The average molecular weight is 556 g/mol. The highest BCUT2D eigenvalue weighted by Gasteiger charge is 2.28. The lowest BCUT2D eigenvalue weighted by molar-refractivity contribution is 0.224. The van der Waals surface area contributed by atoms with Crippen molar-refractivity contribution in [2.45, 2.75) is 12.3 Å². The summed E-state index contributed by atoms with van der Waals surface area (Å²) < 4.78 is 3.56. The van der Waals surface area contributed by atoms with E-state index >= 15 is 0 Å². The van der Waals surface area contributed by atoms with E-state index < -0.39 is 0 Å². The fraction of sp³-hybridized carbons (Fsp3) is 0.273. The Morgan fingerprint density at radius 2 is 1.71 bits per heavy atom. The van der Waals surface area contributed by atoms with E-state index in [1.54, 1.807) is 15.4 Å². The molecule has 2 aliphatic rings. The zero-order chi connectivity index (χ0) is 28.6. The first-order valence-corrected chi connectivity index (χ1v) is 14.4. The maximum absolute atomic E-state index is 9.74. The molecule has 9 heteroatoms. The van der Waals surface area contributed by atoms with Gasteiger partial charge in [-0.3, -0.25) is 4.68 Å². The highest BCUT2D eigenvalue weighted by Crippen LogP contribution is 2.33. The number of aromatic nitrogens is 5.